The lowest BCUT2D eigenvalue weighted by Gasteiger charge is -2.31. The number of nitrogens with zero attached hydrogens (tertiary/aromatic N) is 4. The van der Waals surface area contributed by atoms with Crippen LogP contribution < -0.4 is 0 Å². The predicted octanol–water partition coefficient (Wildman–Crippen LogP) is 3.05. The molecule has 7 nitrogen and oxygen atoms in total. The average Bonchev–Trinajstić information content (AvgIpc) is 3.44. The number of hydrogen-bond acceptors (Lipinski definition) is 5. The molecule has 0 radical (unpaired) electrons. The van der Waals surface area contributed by atoms with E-state index in [0.29, 0.717) is 25.3 Å². The number of carbonyl (C=O) groups excluding carboxylic acids is 1. The van der Waals surface area contributed by atoms with Crippen LogP contribution in [0, 0.1) is 5.92 Å². The highest BCUT2D eigenvalue weighted by molar-refractivity contribution is 5.92. The fourth-order valence-electron chi connectivity index (χ4n) is 4.56. The number of aromatic nitrogens is 3. The first kappa shape index (κ1) is 19.1. The zero-order chi connectivity index (χ0) is 20.3. The Kier molecular flexibility index (Phi) is 5.36. The fraction of sp³-hybridized carbons (Fsp3) is 0.435. The number of hydrogen-bond donors (Lipinski definition) is 1. The Bertz CT molecular complexity index is 988. The minimum absolute atomic E-state index is 0.0709. The molecule has 3 aromatic rings. The monoisotopic (exact) mass is 405 g/mol. The second kappa shape index (κ2) is 8.44. The smallest absolute Gasteiger partial charge is 0.276 e. The minimum Gasteiger partial charge on any atom is -0.359 e. The first-order chi connectivity index (χ1) is 14.7. The Hall–Kier alpha value is -2.93. The van der Waals surface area contributed by atoms with Crippen LogP contribution in [-0.4, -0.2) is 50.7 Å². The number of aromatic amines is 1. The number of nitrogens with one attached hydrogen (secondary N) is 1. The van der Waals surface area contributed by atoms with E-state index >= 15 is 0 Å². The Morgan fingerprint density at radius 1 is 1.17 bits per heavy atom. The maximum atomic E-state index is 12.8. The van der Waals surface area contributed by atoms with Crippen LogP contribution in [0.25, 0.3) is 0 Å². The van der Waals surface area contributed by atoms with E-state index in [4.69, 9.17) is 4.52 Å². The van der Waals surface area contributed by atoms with Crippen molar-refractivity contribution in [3.63, 3.8) is 0 Å². The van der Waals surface area contributed by atoms with Gasteiger partial charge in [0.2, 0.25) is 0 Å². The zero-order valence-corrected chi connectivity index (χ0v) is 17.1. The van der Waals surface area contributed by atoms with Crippen molar-refractivity contribution in [3.05, 3.63) is 70.9 Å². The van der Waals surface area contributed by atoms with Crippen LogP contribution >= 0.6 is 0 Å². The Balaban J connectivity index is 1.13. The maximum absolute atomic E-state index is 12.8. The predicted molar refractivity (Wildman–Crippen MR) is 112 cm³/mol. The summed E-state index contributed by atoms with van der Waals surface area (Å²) < 4.78 is 5.50. The highest BCUT2D eigenvalue weighted by Gasteiger charge is 2.26. The van der Waals surface area contributed by atoms with Crippen molar-refractivity contribution >= 4 is 5.91 Å². The number of piperidine rings is 1. The van der Waals surface area contributed by atoms with Gasteiger partial charge < -0.3 is 9.42 Å². The van der Waals surface area contributed by atoms with Gasteiger partial charge in [0.15, 0.2) is 11.5 Å². The highest BCUT2D eigenvalue weighted by atomic mass is 16.5. The molecule has 2 aromatic heterocycles. The molecule has 4 heterocycles. The van der Waals surface area contributed by atoms with Crippen molar-refractivity contribution in [1.82, 2.24) is 25.2 Å². The summed E-state index contributed by atoms with van der Waals surface area (Å²) >= 11 is 0. The lowest BCUT2D eigenvalue weighted by molar-refractivity contribution is 0.0723. The lowest BCUT2D eigenvalue weighted by Crippen LogP contribution is -2.36. The largest absolute Gasteiger partial charge is 0.359 e. The summed E-state index contributed by atoms with van der Waals surface area (Å²) in [5, 5.41) is 11.1. The molecule has 30 heavy (non-hydrogen) atoms. The van der Waals surface area contributed by atoms with E-state index in [2.05, 4.69) is 50.6 Å². The second-order valence-electron chi connectivity index (χ2n) is 8.44. The Morgan fingerprint density at radius 3 is 2.83 bits per heavy atom. The first-order valence-electron chi connectivity index (χ1n) is 10.8. The van der Waals surface area contributed by atoms with Crippen LogP contribution in [0.1, 0.15) is 45.9 Å². The summed E-state index contributed by atoms with van der Waals surface area (Å²) in [5.41, 5.74) is 4.03. The van der Waals surface area contributed by atoms with Crippen LogP contribution in [-0.2, 0) is 25.9 Å². The third-order valence-corrected chi connectivity index (χ3v) is 6.32. The zero-order valence-electron chi connectivity index (χ0n) is 17.1. The number of carbonyl (C=O) groups is 1. The average molecular weight is 406 g/mol. The molecule has 1 N–H and O–H groups in total. The third-order valence-electron chi connectivity index (χ3n) is 6.32. The molecule has 1 fully saturated rings. The molecular formula is C23H27N5O2. The van der Waals surface area contributed by atoms with Gasteiger partial charge in [-0.2, -0.15) is 5.10 Å². The molecule has 1 aromatic carbocycles. The summed E-state index contributed by atoms with van der Waals surface area (Å²) in [7, 11) is 0. The molecule has 1 saturated heterocycles. The molecule has 1 amide bonds. The second-order valence-corrected chi connectivity index (χ2v) is 8.44. The van der Waals surface area contributed by atoms with Gasteiger partial charge in [0, 0.05) is 36.8 Å². The molecule has 7 heteroatoms. The van der Waals surface area contributed by atoms with E-state index in [-0.39, 0.29) is 5.91 Å². The van der Waals surface area contributed by atoms with Crippen LogP contribution in [0.4, 0.5) is 0 Å². The fourth-order valence-corrected chi connectivity index (χ4v) is 4.56. The van der Waals surface area contributed by atoms with Crippen molar-refractivity contribution in [2.24, 2.45) is 5.92 Å². The Morgan fingerprint density at radius 2 is 2.00 bits per heavy atom. The van der Waals surface area contributed by atoms with E-state index in [9.17, 15) is 4.79 Å². The molecule has 0 unspecified atom stereocenters. The summed E-state index contributed by atoms with van der Waals surface area (Å²) in [6.45, 7) is 4.06. The van der Waals surface area contributed by atoms with Gasteiger partial charge in [0.1, 0.15) is 0 Å². The van der Waals surface area contributed by atoms with Gasteiger partial charge in [-0.25, -0.2) is 0 Å². The SMILES string of the molecule is O=C(c1cc(CN2CCC(Cc3ccccc3)CC2)on1)N1CCc2[nH]ncc2C1. The van der Waals surface area contributed by atoms with Crippen molar-refractivity contribution in [2.75, 3.05) is 19.6 Å². The van der Waals surface area contributed by atoms with E-state index in [1.165, 1.54) is 18.4 Å². The molecule has 5 rings (SSSR count). The number of likely N-dealkylation sites (tertiary alicyclic amines) is 1. The Labute approximate surface area is 176 Å². The van der Waals surface area contributed by atoms with Gasteiger partial charge in [0.05, 0.1) is 12.7 Å². The normalized spacial score (nSPS) is 17.8. The van der Waals surface area contributed by atoms with Crippen LogP contribution in [0.2, 0.25) is 0 Å². The topological polar surface area (TPSA) is 78.3 Å². The van der Waals surface area contributed by atoms with E-state index in [1.54, 1.807) is 6.20 Å². The van der Waals surface area contributed by atoms with Crippen molar-refractivity contribution in [1.29, 1.82) is 0 Å². The summed E-state index contributed by atoms with van der Waals surface area (Å²) in [6, 6.07) is 12.5. The van der Waals surface area contributed by atoms with Gasteiger partial charge in [-0.15, -0.1) is 0 Å². The number of rotatable bonds is 5. The van der Waals surface area contributed by atoms with E-state index in [1.807, 2.05) is 11.0 Å². The molecule has 156 valence electrons. The summed E-state index contributed by atoms with van der Waals surface area (Å²) in [6.07, 6.45) is 6.13. The van der Waals surface area contributed by atoms with Crippen LogP contribution in [0.5, 0.6) is 0 Å². The first-order valence-corrected chi connectivity index (χ1v) is 10.8. The van der Waals surface area contributed by atoms with E-state index < -0.39 is 0 Å². The summed E-state index contributed by atoms with van der Waals surface area (Å²) in [4.78, 5) is 17.0. The number of benzene rings is 1. The number of fused-ring (bicyclic) bond motifs is 1. The molecular weight excluding hydrogens is 378 g/mol. The standard InChI is InChI=1S/C23H27N5O2/c29-23(28-11-8-21-19(15-28)14-24-25-21)22-13-20(30-26-22)16-27-9-6-18(7-10-27)12-17-4-2-1-3-5-17/h1-5,13-14,18H,6-12,15-16H2,(H,24,25). The summed E-state index contributed by atoms with van der Waals surface area (Å²) in [5.74, 6) is 1.43. The quantitative estimate of drug-likeness (QED) is 0.706. The molecule has 0 aliphatic carbocycles. The molecule has 0 bridgehead atoms. The molecule has 2 aliphatic heterocycles. The van der Waals surface area contributed by atoms with Gasteiger partial charge in [-0.1, -0.05) is 35.5 Å². The molecule has 2 aliphatic rings. The number of amides is 1. The van der Waals surface area contributed by atoms with Crippen LogP contribution in [0.15, 0.2) is 47.1 Å². The van der Waals surface area contributed by atoms with Crippen molar-refractivity contribution in [3.8, 4) is 0 Å². The van der Waals surface area contributed by atoms with Crippen molar-refractivity contribution in [2.45, 2.75) is 38.8 Å². The highest BCUT2D eigenvalue weighted by Crippen LogP contribution is 2.23. The minimum atomic E-state index is -0.0709. The third kappa shape index (κ3) is 4.16. The lowest BCUT2D eigenvalue weighted by atomic mass is 9.90. The molecule has 0 atom stereocenters. The van der Waals surface area contributed by atoms with Gasteiger partial charge in [-0.3, -0.25) is 14.8 Å². The van der Waals surface area contributed by atoms with Gasteiger partial charge in [-0.05, 0) is 43.8 Å². The maximum Gasteiger partial charge on any atom is 0.276 e. The van der Waals surface area contributed by atoms with Crippen LogP contribution in [0.3, 0.4) is 0 Å². The van der Waals surface area contributed by atoms with Gasteiger partial charge in [0.25, 0.3) is 5.91 Å². The molecule has 0 spiro atoms. The number of H-pyrrole nitrogens is 1. The molecule has 0 saturated carbocycles. The van der Waals surface area contributed by atoms with Gasteiger partial charge >= 0.3 is 0 Å². The van der Waals surface area contributed by atoms with Crippen molar-refractivity contribution < 1.29 is 9.32 Å². The van der Waals surface area contributed by atoms with E-state index in [0.717, 1.165) is 48.9 Å².